The molecule has 0 radical (unpaired) electrons. The van der Waals surface area contributed by atoms with Gasteiger partial charge in [-0.05, 0) is 60.6 Å². The van der Waals surface area contributed by atoms with Crippen LogP contribution in [-0.2, 0) is 31.9 Å². The van der Waals surface area contributed by atoms with Crippen LogP contribution in [0.15, 0.2) is 17.9 Å². The molecular weight excluding hydrogens is 376 g/mol. The van der Waals surface area contributed by atoms with Crippen LogP contribution in [0.5, 0.6) is 0 Å². The Morgan fingerprint density at radius 3 is 2.23 bits per heavy atom. The molecule has 0 bridgehead atoms. The highest BCUT2D eigenvalue weighted by Crippen LogP contribution is 2.48. The van der Waals surface area contributed by atoms with E-state index < -0.39 is 0 Å². The van der Waals surface area contributed by atoms with E-state index in [0.717, 1.165) is 42.4 Å². The Morgan fingerprint density at radius 2 is 1.70 bits per heavy atom. The van der Waals surface area contributed by atoms with Gasteiger partial charge in [0, 0.05) is 32.5 Å². The minimum absolute atomic E-state index is 0.115. The lowest BCUT2D eigenvalue weighted by molar-refractivity contribution is -0.141. The molecule has 0 atom stereocenters. The van der Waals surface area contributed by atoms with Crippen LogP contribution in [0.4, 0.5) is 0 Å². The van der Waals surface area contributed by atoms with Gasteiger partial charge < -0.3 is 9.47 Å². The molecule has 1 spiro atoms. The molecule has 1 aliphatic heterocycles. The number of rotatable bonds is 6. The fourth-order valence-corrected chi connectivity index (χ4v) is 4.93. The number of hydrogen-bond acceptors (Lipinski definition) is 4. The molecule has 0 unspecified atom stereocenters. The van der Waals surface area contributed by atoms with E-state index in [1.165, 1.54) is 5.56 Å². The number of hydrogen-bond donors (Lipinski definition) is 0. The van der Waals surface area contributed by atoms with Crippen molar-refractivity contribution in [2.24, 2.45) is 11.3 Å². The molecule has 3 rings (SSSR count). The number of ketones is 1. The van der Waals surface area contributed by atoms with E-state index in [0.29, 0.717) is 43.8 Å². The van der Waals surface area contributed by atoms with Gasteiger partial charge >= 0.3 is 5.97 Å². The second kappa shape index (κ2) is 9.47. The summed E-state index contributed by atoms with van der Waals surface area (Å²) < 4.78 is 11.5. The zero-order valence-electron chi connectivity index (χ0n) is 19.2. The maximum absolute atomic E-state index is 13.6. The van der Waals surface area contributed by atoms with Crippen molar-refractivity contribution in [1.29, 1.82) is 0 Å². The Labute approximate surface area is 181 Å². The van der Waals surface area contributed by atoms with Crippen LogP contribution in [0.25, 0.3) is 5.57 Å². The number of allylic oxidation sites excluding steroid dienone is 2. The van der Waals surface area contributed by atoms with Crippen molar-refractivity contribution in [3.63, 3.8) is 0 Å². The normalized spacial score (nSPS) is 18.9. The molecule has 4 heteroatoms. The summed E-state index contributed by atoms with van der Waals surface area (Å²) in [5.74, 6) is 0.683. The number of Topliss-reactive ketones (excluding diaryl/α,β-unsaturated/α-hetero) is 1. The molecule has 4 nitrogen and oxygen atoms in total. The maximum Gasteiger partial charge on any atom is 0.311 e. The van der Waals surface area contributed by atoms with Gasteiger partial charge in [0.1, 0.15) is 5.76 Å². The van der Waals surface area contributed by atoms with E-state index in [-0.39, 0.29) is 23.1 Å². The van der Waals surface area contributed by atoms with Gasteiger partial charge in [-0.3, -0.25) is 9.59 Å². The van der Waals surface area contributed by atoms with Gasteiger partial charge in [0.25, 0.3) is 0 Å². The molecule has 0 N–H and O–H groups in total. The van der Waals surface area contributed by atoms with Crippen molar-refractivity contribution in [1.82, 2.24) is 0 Å². The lowest BCUT2D eigenvalue weighted by Gasteiger charge is -2.41. The summed E-state index contributed by atoms with van der Waals surface area (Å²) in [7, 11) is 0. The fraction of sp³-hybridized carbons (Fsp3) is 0.615. The number of benzene rings is 1. The lowest BCUT2D eigenvalue weighted by Crippen LogP contribution is -2.37. The number of aryl methyl sites for hydroxylation is 3. The van der Waals surface area contributed by atoms with E-state index in [1.807, 2.05) is 13.8 Å². The summed E-state index contributed by atoms with van der Waals surface area (Å²) in [4.78, 5) is 26.3. The highest BCUT2D eigenvalue weighted by molar-refractivity contribution is 6.23. The van der Waals surface area contributed by atoms with Gasteiger partial charge in [0.15, 0.2) is 5.78 Å². The molecule has 164 valence electrons. The zero-order chi connectivity index (χ0) is 21.9. The molecule has 0 amide bonds. The third-order valence-electron chi connectivity index (χ3n) is 6.45. The summed E-state index contributed by atoms with van der Waals surface area (Å²) >= 11 is 0. The second-order valence-electron chi connectivity index (χ2n) is 9.42. The minimum atomic E-state index is -0.238. The average Bonchev–Trinajstić information content (AvgIpc) is 2.67. The van der Waals surface area contributed by atoms with Gasteiger partial charge in [-0.1, -0.05) is 45.4 Å². The van der Waals surface area contributed by atoms with Crippen LogP contribution in [0.3, 0.4) is 0 Å². The fourth-order valence-electron chi connectivity index (χ4n) is 4.93. The monoisotopic (exact) mass is 412 g/mol. The van der Waals surface area contributed by atoms with E-state index in [9.17, 15) is 9.59 Å². The predicted molar refractivity (Wildman–Crippen MR) is 119 cm³/mol. The minimum Gasteiger partial charge on any atom is -0.430 e. The smallest absolute Gasteiger partial charge is 0.311 e. The van der Waals surface area contributed by atoms with Crippen molar-refractivity contribution >= 4 is 17.3 Å². The first-order valence-corrected chi connectivity index (χ1v) is 11.5. The third kappa shape index (κ3) is 4.85. The van der Waals surface area contributed by atoms with E-state index in [1.54, 1.807) is 0 Å². The Bertz CT molecular complexity index is 816. The number of ether oxygens (including phenoxy) is 2. The van der Waals surface area contributed by atoms with E-state index >= 15 is 0 Å². The highest BCUT2D eigenvalue weighted by atomic mass is 16.5. The summed E-state index contributed by atoms with van der Waals surface area (Å²) in [6.45, 7) is 11.7. The van der Waals surface area contributed by atoms with Crippen LogP contribution in [0.2, 0.25) is 0 Å². The number of carbonyl (C=O) groups is 2. The molecule has 1 saturated heterocycles. The number of esters is 1. The molecule has 1 aromatic carbocycles. The lowest BCUT2D eigenvalue weighted by atomic mass is 9.67. The Balaban J connectivity index is 2.14. The SMILES string of the molecule is CCc1cc(C)cc(CC)c1C1=C(OC(=O)CC(C)C)CC2(CCOCC2)CC1=O. The topological polar surface area (TPSA) is 52.6 Å². The van der Waals surface area contributed by atoms with Crippen LogP contribution in [0.1, 0.15) is 82.1 Å². The van der Waals surface area contributed by atoms with Crippen molar-refractivity contribution in [3.05, 3.63) is 40.1 Å². The van der Waals surface area contributed by atoms with Gasteiger partial charge in [0.2, 0.25) is 0 Å². The van der Waals surface area contributed by atoms with Gasteiger partial charge in [-0.15, -0.1) is 0 Å². The molecule has 1 fully saturated rings. The average molecular weight is 413 g/mol. The van der Waals surface area contributed by atoms with Crippen molar-refractivity contribution in [3.8, 4) is 0 Å². The summed E-state index contributed by atoms with van der Waals surface area (Å²) in [5.41, 5.74) is 5.04. The Kier molecular flexibility index (Phi) is 7.18. The van der Waals surface area contributed by atoms with Crippen LogP contribution >= 0.6 is 0 Å². The van der Waals surface area contributed by atoms with Crippen molar-refractivity contribution in [2.45, 2.75) is 79.6 Å². The maximum atomic E-state index is 13.6. The summed E-state index contributed by atoms with van der Waals surface area (Å²) in [5, 5.41) is 0. The first-order chi connectivity index (χ1) is 14.3. The Morgan fingerprint density at radius 1 is 1.10 bits per heavy atom. The molecule has 1 heterocycles. The van der Waals surface area contributed by atoms with Crippen molar-refractivity contribution < 1.29 is 19.1 Å². The molecule has 0 saturated carbocycles. The van der Waals surface area contributed by atoms with Gasteiger partial charge in [-0.2, -0.15) is 0 Å². The van der Waals surface area contributed by atoms with E-state index in [4.69, 9.17) is 9.47 Å². The van der Waals surface area contributed by atoms with Gasteiger partial charge in [-0.25, -0.2) is 0 Å². The van der Waals surface area contributed by atoms with E-state index in [2.05, 4.69) is 32.9 Å². The second-order valence-corrected chi connectivity index (χ2v) is 9.42. The van der Waals surface area contributed by atoms with Gasteiger partial charge in [0.05, 0.1) is 5.57 Å². The summed E-state index contributed by atoms with van der Waals surface area (Å²) in [6.07, 6.45) is 4.87. The predicted octanol–water partition coefficient (Wildman–Crippen LogP) is 5.58. The van der Waals surface area contributed by atoms with Crippen molar-refractivity contribution in [2.75, 3.05) is 13.2 Å². The largest absolute Gasteiger partial charge is 0.430 e. The standard InChI is InChI=1S/C26H36O4/c1-6-19-13-18(5)14-20(7-2)24(19)25-21(27)15-26(8-10-29-11-9-26)16-22(25)30-23(28)12-17(3)4/h13-14,17H,6-12,15-16H2,1-5H3. The zero-order valence-corrected chi connectivity index (χ0v) is 19.2. The third-order valence-corrected chi connectivity index (χ3v) is 6.45. The molecule has 0 aromatic heterocycles. The van der Waals surface area contributed by atoms with Crippen LogP contribution in [0, 0.1) is 18.3 Å². The number of carbonyl (C=O) groups excluding carboxylic acids is 2. The highest BCUT2D eigenvalue weighted by Gasteiger charge is 2.43. The molecule has 30 heavy (non-hydrogen) atoms. The molecule has 1 aromatic rings. The molecular formula is C26H36O4. The molecule has 2 aliphatic rings. The van der Waals surface area contributed by atoms with Crippen LogP contribution in [-0.4, -0.2) is 25.0 Å². The molecule has 1 aliphatic carbocycles. The van der Waals surface area contributed by atoms with Crippen LogP contribution < -0.4 is 0 Å². The Hall–Kier alpha value is -1.94. The quantitative estimate of drug-likeness (QED) is 0.572. The summed E-state index contributed by atoms with van der Waals surface area (Å²) in [6, 6.07) is 4.34. The first-order valence-electron chi connectivity index (χ1n) is 11.5. The first kappa shape index (κ1) is 22.7.